The van der Waals surface area contributed by atoms with Crippen LogP contribution in [0.4, 0.5) is 0 Å². The van der Waals surface area contributed by atoms with Gasteiger partial charge in [-0.1, -0.05) is 13.8 Å². The van der Waals surface area contributed by atoms with Gasteiger partial charge in [0.2, 0.25) is 0 Å². The first-order chi connectivity index (χ1) is 6.52. The number of ketones is 1. The molecule has 3 nitrogen and oxygen atoms in total. The second kappa shape index (κ2) is 4.58. The zero-order chi connectivity index (χ0) is 10.7. The highest BCUT2D eigenvalue weighted by atomic mass is 16.4. The van der Waals surface area contributed by atoms with Crippen LogP contribution < -0.4 is 0 Å². The molecule has 1 saturated carbocycles. The highest BCUT2D eigenvalue weighted by Crippen LogP contribution is 2.36. The summed E-state index contributed by atoms with van der Waals surface area (Å²) >= 11 is 0. The van der Waals surface area contributed by atoms with Gasteiger partial charge in [-0.05, 0) is 24.7 Å². The van der Waals surface area contributed by atoms with Gasteiger partial charge in [-0.15, -0.1) is 0 Å². The van der Waals surface area contributed by atoms with E-state index in [2.05, 4.69) is 13.8 Å². The van der Waals surface area contributed by atoms with Crippen molar-refractivity contribution in [2.75, 3.05) is 0 Å². The monoisotopic (exact) mass is 198 g/mol. The van der Waals surface area contributed by atoms with Crippen LogP contribution in [0, 0.1) is 17.8 Å². The number of carboxylic acids is 1. The van der Waals surface area contributed by atoms with Crippen LogP contribution in [0.5, 0.6) is 0 Å². The Balaban J connectivity index is 2.53. The minimum absolute atomic E-state index is 0.00565. The Morgan fingerprint density at radius 3 is 2.71 bits per heavy atom. The fourth-order valence-corrected chi connectivity index (χ4v) is 2.39. The Hall–Kier alpha value is -0.860. The standard InChI is InChI=1S/C11H18O3/c1-7(2)8-3-5-10(12)9(8)4-6-11(13)14/h7-9H,3-6H2,1-2H3,(H,13,14). The maximum absolute atomic E-state index is 11.5. The topological polar surface area (TPSA) is 54.4 Å². The molecule has 0 aromatic heterocycles. The van der Waals surface area contributed by atoms with E-state index < -0.39 is 5.97 Å². The molecule has 0 aromatic carbocycles. The Kier molecular flexibility index (Phi) is 3.67. The number of aliphatic carboxylic acids is 1. The summed E-state index contributed by atoms with van der Waals surface area (Å²) < 4.78 is 0. The molecule has 1 rings (SSSR count). The van der Waals surface area contributed by atoms with Crippen molar-refractivity contribution in [3.8, 4) is 0 Å². The molecule has 2 unspecified atom stereocenters. The number of Topliss-reactive ketones (excluding diaryl/α,β-unsaturated/α-hetero) is 1. The van der Waals surface area contributed by atoms with E-state index in [0.717, 1.165) is 6.42 Å². The van der Waals surface area contributed by atoms with Crippen molar-refractivity contribution in [3.05, 3.63) is 0 Å². The van der Waals surface area contributed by atoms with E-state index in [9.17, 15) is 9.59 Å². The van der Waals surface area contributed by atoms with Crippen molar-refractivity contribution in [1.82, 2.24) is 0 Å². The molecule has 0 aliphatic heterocycles. The first kappa shape index (κ1) is 11.2. The molecule has 0 aromatic rings. The molecule has 0 spiro atoms. The van der Waals surface area contributed by atoms with Gasteiger partial charge in [-0.3, -0.25) is 9.59 Å². The van der Waals surface area contributed by atoms with E-state index in [1.807, 2.05) is 0 Å². The predicted molar refractivity (Wildman–Crippen MR) is 52.9 cm³/mol. The second-order valence-electron chi connectivity index (χ2n) is 4.45. The molecule has 0 heterocycles. The minimum Gasteiger partial charge on any atom is -0.481 e. The normalized spacial score (nSPS) is 27.2. The Morgan fingerprint density at radius 2 is 2.21 bits per heavy atom. The summed E-state index contributed by atoms with van der Waals surface area (Å²) in [7, 11) is 0. The number of carbonyl (C=O) groups excluding carboxylic acids is 1. The van der Waals surface area contributed by atoms with Crippen LogP contribution in [0.15, 0.2) is 0 Å². The summed E-state index contributed by atoms with van der Waals surface area (Å²) in [5.41, 5.74) is 0. The predicted octanol–water partition coefficient (Wildman–Crippen LogP) is 2.10. The number of carbonyl (C=O) groups is 2. The molecule has 0 amide bonds. The molecule has 80 valence electrons. The lowest BCUT2D eigenvalue weighted by Crippen LogP contribution is -2.20. The fraction of sp³-hybridized carbons (Fsp3) is 0.818. The molecule has 3 heteroatoms. The SMILES string of the molecule is CC(C)C1CCC(=O)C1CCC(=O)O. The van der Waals surface area contributed by atoms with Crippen molar-refractivity contribution in [1.29, 1.82) is 0 Å². The Morgan fingerprint density at radius 1 is 1.57 bits per heavy atom. The molecule has 14 heavy (non-hydrogen) atoms. The highest BCUT2D eigenvalue weighted by molar-refractivity contribution is 5.83. The minimum atomic E-state index is -0.799. The van der Waals surface area contributed by atoms with Gasteiger partial charge in [0.05, 0.1) is 0 Å². The van der Waals surface area contributed by atoms with Gasteiger partial charge in [0.1, 0.15) is 5.78 Å². The van der Waals surface area contributed by atoms with Crippen LogP contribution in [-0.2, 0) is 9.59 Å². The van der Waals surface area contributed by atoms with Gasteiger partial charge >= 0.3 is 5.97 Å². The van der Waals surface area contributed by atoms with Crippen molar-refractivity contribution >= 4 is 11.8 Å². The lowest BCUT2D eigenvalue weighted by atomic mass is 9.83. The van der Waals surface area contributed by atoms with Crippen molar-refractivity contribution in [3.63, 3.8) is 0 Å². The van der Waals surface area contributed by atoms with Gasteiger partial charge < -0.3 is 5.11 Å². The van der Waals surface area contributed by atoms with Crippen molar-refractivity contribution in [2.24, 2.45) is 17.8 Å². The van der Waals surface area contributed by atoms with Crippen LogP contribution in [0.25, 0.3) is 0 Å². The van der Waals surface area contributed by atoms with Crippen molar-refractivity contribution < 1.29 is 14.7 Å². The lowest BCUT2D eigenvalue weighted by Gasteiger charge is -2.21. The molecule has 1 aliphatic carbocycles. The molecule has 1 N–H and O–H groups in total. The van der Waals surface area contributed by atoms with E-state index in [0.29, 0.717) is 24.7 Å². The Bertz CT molecular complexity index is 233. The molecular formula is C11H18O3. The number of hydrogen-bond donors (Lipinski definition) is 1. The van der Waals surface area contributed by atoms with E-state index in [1.165, 1.54) is 0 Å². The second-order valence-corrected chi connectivity index (χ2v) is 4.45. The fourth-order valence-electron chi connectivity index (χ4n) is 2.39. The van der Waals surface area contributed by atoms with Gasteiger partial charge in [-0.2, -0.15) is 0 Å². The molecule has 0 radical (unpaired) electrons. The van der Waals surface area contributed by atoms with Crippen LogP contribution in [-0.4, -0.2) is 16.9 Å². The Labute approximate surface area is 84.5 Å². The average Bonchev–Trinajstić information content (AvgIpc) is 2.43. The van der Waals surface area contributed by atoms with Gasteiger partial charge in [-0.25, -0.2) is 0 Å². The smallest absolute Gasteiger partial charge is 0.303 e. The third kappa shape index (κ3) is 2.56. The van der Waals surface area contributed by atoms with Gasteiger partial charge in [0.25, 0.3) is 0 Å². The quantitative estimate of drug-likeness (QED) is 0.752. The van der Waals surface area contributed by atoms with E-state index in [1.54, 1.807) is 0 Å². The van der Waals surface area contributed by atoms with Crippen LogP contribution in [0.1, 0.15) is 39.5 Å². The first-order valence-corrected chi connectivity index (χ1v) is 5.27. The summed E-state index contributed by atoms with van der Waals surface area (Å²) in [6, 6.07) is 0. The van der Waals surface area contributed by atoms with Crippen LogP contribution >= 0.6 is 0 Å². The number of rotatable bonds is 4. The summed E-state index contributed by atoms with van der Waals surface area (Å²) in [5.74, 6) is 0.366. The zero-order valence-electron chi connectivity index (χ0n) is 8.82. The van der Waals surface area contributed by atoms with Gasteiger partial charge in [0, 0.05) is 18.8 Å². The number of hydrogen-bond acceptors (Lipinski definition) is 2. The molecular weight excluding hydrogens is 180 g/mol. The average molecular weight is 198 g/mol. The molecule has 0 bridgehead atoms. The first-order valence-electron chi connectivity index (χ1n) is 5.27. The van der Waals surface area contributed by atoms with E-state index >= 15 is 0 Å². The summed E-state index contributed by atoms with van der Waals surface area (Å²) in [5, 5.41) is 8.57. The van der Waals surface area contributed by atoms with E-state index in [4.69, 9.17) is 5.11 Å². The molecule has 1 fully saturated rings. The maximum Gasteiger partial charge on any atom is 0.303 e. The third-order valence-corrected chi connectivity index (χ3v) is 3.18. The van der Waals surface area contributed by atoms with Crippen LogP contribution in [0.2, 0.25) is 0 Å². The third-order valence-electron chi connectivity index (χ3n) is 3.18. The largest absolute Gasteiger partial charge is 0.481 e. The zero-order valence-corrected chi connectivity index (χ0v) is 8.82. The van der Waals surface area contributed by atoms with E-state index in [-0.39, 0.29) is 18.1 Å². The molecule has 0 saturated heterocycles. The lowest BCUT2D eigenvalue weighted by molar-refractivity contribution is -0.137. The maximum atomic E-state index is 11.5. The van der Waals surface area contributed by atoms with Gasteiger partial charge in [0.15, 0.2) is 0 Å². The number of carboxylic acid groups (broad SMARTS) is 1. The summed E-state index contributed by atoms with van der Waals surface area (Å²) in [6.07, 6.45) is 2.24. The highest BCUT2D eigenvalue weighted by Gasteiger charge is 2.35. The van der Waals surface area contributed by atoms with Crippen LogP contribution in [0.3, 0.4) is 0 Å². The molecule has 2 atom stereocenters. The summed E-state index contributed by atoms with van der Waals surface area (Å²) in [6.45, 7) is 4.22. The molecule has 1 aliphatic rings. The summed E-state index contributed by atoms with van der Waals surface area (Å²) in [4.78, 5) is 21.9. The van der Waals surface area contributed by atoms with Crippen molar-refractivity contribution in [2.45, 2.75) is 39.5 Å².